The molecule has 1 amide bonds. The number of thioether (sulfide) groups is 1. The summed E-state index contributed by atoms with van der Waals surface area (Å²) in [6.07, 6.45) is 3.17. The van der Waals surface area contributed by atoms with E-state index >= 15 is 0 Å². The molecule has 0 radical (unpaired) electrons. The first kappa shape index (κ1) is 20.6. The van der Waals surface area contributed by atoms with Crippen LogP contribution in [0.5, 0.6) is 0 Å². The first-order valence-electron chi connectivity index (χ1n) is 8.03. The first-order valence-corrected chi connectivity index (χ1v) is 9.56. The molecule has 6 heteroatoms. The number of nitrogens with one attached hydrogen (secondary N) is 1. The van der Waals surface area contributed by atoms with E-state index in [4.69, 9.17) is 11.6 Å². The summed E-state index contributed by atoms with van der Waals surface area (Å²) in [7, 11) is 0. The SMILES string of the molecule is CCCN(C(=O)CSCc1cccc(Cl)c1)C1CCNCC1.Cl. The molecule has 130 valence electrons. The van der Waals surface area contributed by atoms with E-state index in [0.29, 0.717) is 11.8 Å². The van der Waals surface area contributed by atoms with Crippen molar-refractivity contribution in [3.05, 3.63) is 34.9 Å². The van der Waals surface area contributed by atoms with Crippen LogP contribution < -0.4 is 5.32 Å². The Kier molecular flexibility index (Phi) is 10.0. The Morgan fingerprint density at radius 2 is 2.13 bits per heavy atom. The van der Waals surface area contributed by atoms with Gasteiger partial charge in [0.25, 0.3) is 0 Å². The molecule has 3 nitrogen and oxygen atoms in total. The van der Waals surface area contributed by atoms with Crippen molar-refractivity contribution in [2.45, 2.75) is 38.0 Å². The van der Waals surface area contributed by atoms with Crippen molar-refractivity contribution in [3.8, 4) is 0 Å². The zero-order chi connectivity index (χ0) is 15.8. The third kappa shape index (κ3) is 6.92. The Labute approximate surface area is 154 Å². The normalized spacial score (nSPS) is 15.0. The molecule has 1 heterocycles. The molecule has 1 saturated heterocycles. The minimum atomic E-state index is 0. The summed E-state index contributed by atoms with van der Waals surface area (Å²) in [4.78, 5) is 14.7. The molecule has 0 atom stereocenters. The van der Waals surface area contributed by atoms with Gasteiger partial charge in [-0.3, -0.25) is 4.79 Å². The Balaban J connectivity index is 0.00000264. The fourth-order valence-corrected chi connectivity index (χ4v) is 3.91. The molecule has 1 aliphatic rings. The summed E-state index contributed by atoms with van der Waals surface area (Å²) < 4.78 is 0. The zero-order valence-electron chi connectivity index (χ0n) is 13.6. The van der Waals surface area contributed by atoms with Gasteiger partial charge in [-0.05, 0) is 50.0 Å². The highest BCUT2D eigenvalue weighted by molar-refractivity contribution is 7.99. The number of benzene rings is 1. The maximum absolute atomic E-state index is 12.5. The second-order valence-electron chi connectivity index (χ2n) is 5.69. The lowest BCUT2D eigenvalue weighted by atomic mass is 10.0. The van der Waals surface area contributed by atoms with Gasteiger partial charge in [0.2, 0.25) is 5.91 Å². The lowest BCUT2D eigenvalue weighted by Crippen LogP contribution is -2.47. The fourth-order valence-electron chi connectivity index (χ4n) is 2.84. The molecule has 1 aromatic rings. The smallest absolute Gasteiger partial charge is 0.232 e. The highest BCUT2D eigenvalue weighted by atomic mass is 35.5. The predicted octanol–water partition coefficient (Wildman–Crippen LogP) is 3.99. The van der Waals surface area contributed by atoms with E-state index in [1.165, 1.54) is 5.56 Å². The van der Waals surface area contributed by atoms with Crippen LogP contribution in [0, 0.1) is 0 Å². The van der Waals surface area contributed by atoms with Crippen molar-refractivity contribution >= 4 is 41.7 Å². The quantitative estimate of drug-likeness (QED) is 0.780. The van der Waals surface area contributed by atoms with Gasteiger partial charge in [0.05, 0.1) is 5.75 Å². The van der Waals surface area contributed by atoms with Gasteiger partial charge in [-0.2, -0.15) is 0 Å². The van der Waals surface area contributed by atoms with Crippen LogP contribution in [0.2, 0.25) is 5.02 Å². The number of amides is 1. The molecule has 23 heavy (non-hydrogen) atoms. The summed E-state index contributed by atoms with van der Waals surface area (Å²) in [6, 6.07) is 8.27. The van der Waals surface area contributed by atoms with E-state index in [0.717, 1.165) is 49.7 Å². The van der Waals surface area contributed by atoms with Crippen LogP contribution in [0.4, 0.5) is 0 Å². The minimum Gasteiger partial charge on any atom is -0.339 e. The number of carbonyl (C=O) groups is 1. The van der Waals surface area contributed by atoms with Crippen LogP contribution >= 0.6 is 35.8 Å². The lowest BCUT2D eigenvalue weighted by molar-refractivity contribution is -0.131. The van der Waals surface area contributed by atoms with E-state index in [1.807, 2.05) is 18.2 Å². The molecule has 0 saturated carbocycles. The Hall–Kier alpha value is -0.420. The molecule has 0 aliphatic carbocycles. The van der Waals surface area contributed by atoms with Crippen molar-refractivity contribution in [3.63, 3.8) is 0 Å². The van der Waals surface area contributed by atoms with Crippen LogP contribution in [-0.2, 0) is 10.5 Å². The van der Waals surface area contributed by atoms with Crippen LogP contribution in [0.25, 0.3) is 0 Å². The van der Waals surface area contributed by atoms with Crippen molar-refractivity contribution in [2.24, 2.45) is 0 Å². The predicted molar refractivity (Wildman–Crippen MR) is 103 cm³/mol. The molecule has 0 aromatic heterocycles. The highest BCUT2D eigenvalue weighted by Gasteiger charge is 2.24. The van der Waals surface area contributed by atoms with Crippen LogP contribution in [0.1, 0.15) is 31.7 Å². The summed E-state index contributed by atoms with van der Waals surface area (Å²) in [5.41, 5.74) is 1.18. The van der Waals surface area contributed by atoms with E-state index in [2.05, 4.69) is 23.2 Å². The number of piperidine rings is 1. The number of nitrogens with zero attached hydrogens (tertiary/aromatic N) is 1. The molecule has 1 fully saturated rings. The molecular formula is C17H26Cl2N2OS. The number of hydrogen-bond acceptors (Lipinski definition) is 3. The van der Waals surface area contributed by atoms with Gasteiger partial charge in [0.15, 0.2) is 0 Å². The average molecular weight is 377 g/mol. The third-order valence-electron chi connectivity index (χ3n) is 3.92. The van der Waals surface area contributed by atoms with Crippen LogP contribution in [-0.4, -0.2) is 42.2 Å². The molecule has 0 unspecified atom stereocenters. The van der Waals surface area contributed by atoms with Gasteiger partial charge in [-0.25, -0.2) is 0 Å². The second-order valence-corrected chi connectivity index (χ2v) is 7.11. The van der Waals surface area contributed by atoms with Gasteiger partial charge < -0.3 is 10.2 Å². The monoisotopic (exact) mass is 376 g/mol. The lowest BCUT2D eigenvalue weighted by Gasteiger charge is -2.34. The summed E-state index contributed by atoms with van der Waals surface area (Å²) in [6.45, 7) is 5.06. The molecule has 1 aromatic carbocycles. The maximum Gasteiger partial charge on any atom is 0.232 e. The molecular weight excluding hydrogens is 351 g/mol. The number of halogens is 2. The molecule has 0 bridgehead atoms. The summed E-state index contributed by atoms with van der Waals surface area (Å²) >= 11 is 7.67. The summed E-state index contributed by atoms with van der Waals surface area (Å²) in [5, 5.41) is 4.12. The second kappa shape index (κ2) is 11.2. The van der Waals surface area contributed by atoms with E-state index < -0.39 is 0 Å². The van der Waals surface area contributed by atoms with Crippen molar-refractivity contribution in [1.82, 2.24) is 10.2 Å². The number of hydrogen-bond donors (Lipinski definition) is 1. The summed E-state index contributed by atoms with van der Waals surface area (Å²) in [5.74, 6) is 1.66. The first-order chi connectivity index (χ1) is 10.7. The van der Waals surface area contributed by atoms with Crippen molar-refractivity contribution in [2.75, 3.05) is 25.4 Å². The topological polar surface area (TPSA) is 32.3 Å². The third-order valence-corrected chi connectivity index (χ3v) is 5.14. The van der Waals surface area contributed by atoms with Crippen LogP contribution in [0.3, 0.4) is 0 Å². The zero-order valence-corrected chi connectivity index (χ0v) is 16.0. The Morgan fingerprint density at radius 3 is 2.78 bits per heavy atom. The Morgan fingerprint density at radius 1 is 1.39 bits per heavy atom. The molecule has 2 rings (SSSR count). The van der Waals surface area contributed by atoms with Gasteiger partial charge in [0.1, 0.15) is 0 Å². The van der Waals surface area contributed by atoms with E-state index in [1.54, 1.807) is 11.8 Å². The molecule has 0 spiro atoms. The maximum atomic E-state index is 12.5. The number of carbonyl (C=O) groups excluding carboxylic acids is 1. The number of rotatable bonds is 7. The van der Waals surface area contributed by atoms with Gasteiger partial charge >= 0.3 is 0 Å². The van der Waals surface area contributed by atoms with Crippen LogP contribution in [0.15, 0.2) is 24.3 Å². The highest BCUT2D eigenvalue weighted by Crippen LogP contribution is 2.19. The molecule has 1 N–H and O–H groups in total. The molecule has 1 aliphatic heterocycles. The van der Waals surface area contributed by atoms with Gasteiger partial charge in [-0.15, -0.1) is 24.2 Å². The van der Waals surface area contributed by atoms with Crippen molar-refractivity contribution in [1.29, 1.82) is 0 Å². The van der Waals surface area contributed by atoms with Crippen molar-refractivity contribution < 1.29 is 4.79 Å². The van der Waals surface area contributed by atoms with Gasteiger partial charge in [0, 0.05) is 23.4 Å². The minimum absolute atomic E-state index is 0. The van der Waals surface area contributed by atoms with E-state index in [9.17, 15) is 4.79 Å². The fraction of sp³-hybridized carbons (Fsp3) is 0.588. The Bertz CT molecular complexity index is 481. The van der Waals surface area contributed by atoms with Gasteiger partial charge in [-0.1, -0.05) is 30.7 Å². The largest absolute Gasteiger partial charge is 0.339 e. The average Bonchev–Trinajstić information content (AvgIpc) is 2.53. The standard InChI is InChI=1S/C17H25ClN2OS.ClH/c1-2-10-20(16-6-8-19-9-7-16)17(21)13-22-12-14-4-3-5-15(18)11-14;/h3-5,11,16,19H,2,6-10,12-13H2,1H3;1H. The van der Waals surface area contributed by atoms with E-state index in [-0.39, 0.29) is 18.3 Å².